The zero-order chi connectivity index (χ0) is 21.7. The molecule has 10 heteroatoms. The van der Waals surface area contributed by atoms with Crippen LogP contribution in [0.15, 0.2) is 16.5 Å². The maximum atomic E-state index is 12.4. The monoisotopic (exact) mass is 422 g/mol. The quantitative estimate of drug-likeness (QED) is 0.682. The second-order valence-electron chi connectivity index (χ2n) is 6.21. The summed E-state index contributed by atoms with van der Waals surface area (Å²) >= 11 is 0.956. The van der Waals surface area contributed by atoms with Gasteiger partial charge in [-0.05, 0) is 38.5 Å². The Kier molecular flexibility index (Phi) is 7.16. The first-order chi connectivity index (χ1) is 13.6. The number of aryl methyl sites for hydroxylation is 1. The number of hydrogen-bond acceptors (Lipinski definition) is 8. The van der Waals surface area contributed by atoms with Crippen molar-refractivity contribution < 1.29 is 33.1 Å². The second kappa shape index (κ2) is 9.37. The summed E-state index contributed by atoms with van der Waals surface area (Å²) in [6, 6.07) is 3.04. The molecular formula is C19H22N2O7S. The van der Waals surface area contributed by atoms with Gasteiger partial charge in [0.25, 0.3) is 11.8 Å². The molecule has 0 radical (unpaired) electrons. The van der Waals surface area contributed by atoms with Crippen LogP contribution in [0.4, 0.5) is 5.00 Å². The van der Waals surface area contributed by atoms with Gasteiger partial charge in [-0.3, -0.25) is 9.59 Å². The van der Waals surface area contributed by atoms with E-state index in [0.717, 1.165) is 11.3 Å². The van der Waals surface area contributed by atoms with Crippen LogP contribution in [0, 0.1) is 13.8 Å². The largest absolute Gasteiger partial charge is 0.462 e. The van der Waals surface area contributed by atoms with Gasteiger partial charge in [0.05, 0.1) is 17.0 Å². The summed E-state index contributed by atoms with van der Waals surface area (Å²) in [5.74, 6) is -1.90. The Hall–Kier alpha value is -3.14. The fraction of sp³-hybridized carbons (Fsp3) is 0.368. The molecule has 0 aliphatic carbocycles. The minimum absolute atomic E-state index is 0.0200. The molecule has 2 amide bonds. The number of hydrogen-bond donors (Lipinski definition) is 1. The zero-order valence-electron chi connectivity index (χ0n) is 16.8. The summed E-state index contributed by atoms with van der Waals surface area (Å²) in [6.07, 6.45) is 0. The number of ether oxygens (including phenoxy) is 2. The molecular weight excluding hydrogens is 400 g/mol. The van der Waals surface area contributed by atoms with Crippen LogP contribution in [0.25, 0.3) is 0 Å². The molecule has 9 nitrogen and oxygen atoms in total. The molecule has 0 bridgehead atoms. The molecule has 2 heterocycles. The van der Waals surface area contributed by atoms with Gasteiger partial charge in [-0.2, -0.15) is 0 Å². The predicted octanol–water partition coefficient (Wildman–Crippen LogP) is 2.63. The third-order valence-electron chi connectivity index (χ3n) is 3.76. The van der Waals surface area contributed by atoms with E-state index in [0.29, 0.717) is 16.2 Å². The van der Waals surface area contributed by atoms with E-state index in [1.807, 2.05) is 0 Å². The van der Waals surface area contributed by atoms with Crippen LogP contribution in [-0.2, 0) is 14.3 Å². The van der Waals surface area contributed by atoms with Crippen molar-refractivity contribution in [3.8, 4) is 0 Å². The highest BCUT2D eigenvalue weighted by atomic mass is 32.1. The average molecular weight is 422 g/mol. The van der Waals surface area contributed by atoms with Crippen LogP contribution in [-0.4, -0.2) is 56.0 Å². The van der Waals surface area contributed by atoms with Crippen molar-refractivity contribution in [1.82, 2.24) is 4.90 Å². The number of nitrogens with one attached hydrogen (secondary N) is 1. The van der Waals surface area contributed by atoms with Crippen LogP contribution in [0.1, 0.15) is 48.8 Å². The van der Waals surface area contributed by atoms with E-state index in [4.69, 9.17) is 13.9 Å². The lowest BCUT2D eigenvalue weighted by molar-refractivity contribution is -0.119. The van der Waals surface area contributed by atoms with Gasteiger partial charge in [0.1, 0.15) is 10.8 Å². The number of nitrogens with zero attached hydrogens (tertiary/aromatic N) is 1. The molecule has 1 N–H and O–H groups in total. The molecule has 0 saturated heterocycles. The highest BCUT2D eigenvalue weighted by Crippen LogP contribution is 2.34. The Labute approximate surface area is 171 Å². The van der Waals surface area contributed by atoms with Crippen molar-refractivity contribution in [2.75, 3.05) is 32.6 Å². The second-order valence-corrected chi connectivity index (χ2v) is 7.24. The lowest BCUT2D eigenvalue weighted by Gasteiger charge is -2.09. The minimum Gasteiger partial charge on any atom is -0.462 e. The Morgan fingerprint density at radius 2 is 1.79 bits per heavy atom. The van der Waals surface area contributed by atoms with E-state index < -0.39 is 24.5 Å². The smallest absolute Gasteiger partial charge is 0.374 e. The summed E-state index contributed by atoms with van der Waals surface area (Å²) in [4.78, 5) is 50.5. The van der Waals surface area contributed by atoms with Crippen molar-refractivity contribution >= 4 is 40.1 Å². The van der Waals surface area contributed by atoms with Crippen molar-refractivity contribution in [2.24, 2.45) is 0 Å². The van der Waals surface area contributed by atoms with Crippen LogP contribution in [0.5, 0.6) is 0 Å². The van der Waals surface area contributed by atoms with Gasteiger partial charge in [-0.1, -0.05) is 0 Å². The number of rotatable bonds is 7. The number of carbonyl (C=O) groups is 4. The first kappa shape index (κ1) is 22.2. The highest BCUT2D eigenvalue weighted by Gasteiger charge is 2.27. The fourth-order valence-electron chi connectivity index (χ4n) is 2.37. The predicted molar refractivity (Wildman–Crippen MR) is 105 cm³/mol. The summed E-state index contributed by atoms with van der Waals surface area (Å²) in [5.41, 5.74) is 0.508. The van der Waals surface area contributed by atoms with Gasteiger partial charge < -0.3 is 24.1 Å². The number of esters is 2. The molecule has 0 spiro atoms. The SMILES string of the molecule is CCOC(=O)c1c(NC(=O)COC(=O)c2ccc(C)o2)sc(C(=O)N(C)C)c1C. The number of anilines is 1. The van der Waals surface area contributed by atoms with E-state index in [-0.39, 0.29) is 28.8 Å². The van der Waals surface area contributed by atoms with Gasteiger partial charge in [0, 0.05) is 14.1 Å². The molecule has 2 rings (SSSR count). The highest BCUT2D eigenvalue weighted by molar-refractivity contribution is 7.18. The average Bonchev–Trinajstić information content (AvgIpc) is 3.22. The molecule has 0 atom stereocenters. The third-order valence-corrected chi connectivity index (χ3v) is 4.95. The van der Waals surface area contributed by atoms with Crippen molar-refractivity contribution in [3.05, 3.63) is 39.7 Å². The van der Waals surface area contributed by atoms with Crippen molar-refractivity contribution in [3.63, 3.8) is 0 Å². The van der Waals surface area contributed by atoms with Gasteiger partial charge in [-0.15, -0.1) is 11.3 Å². The molecule has 29 heavy (non-hydrogen) atoms. The van der Waals surface area contributed by atoms with E-state index in [1.165, 1.54) is 11.0 Å². The molecule has 0 unspecified atom stereocenters. The topological polar surface area (TPSA) is 115 Å². The van der Waals surface area contributed by atoms with Crippen LogP contribution >= 0.6 is 11.3 Å². The third kappa shape index (κ3) is 5.23. The summed E-state index contributed by atoms with van der Waals surface area (Å²) in [6.45, 7) is 4.48. The summed E-state index contributed by atoms with van der Waals surface area (Å²) in [7, 11) is 3.17. The first-order valence-electron chi connectivity index (χ1n) is 8.71. The molecule has 0 aliphatic heterocycles. The van der Waals surface area contributed by atoms with E-state index >= 15 is 0 Å². The molecule has 156 valence electrons. The maximum absolute atomic E-state index is 12.4. The Morgan fingerprint density at radius 1 is 1.10 bits per heavy atom. The fourth-order valence-corrected chi connectivity index (χ4v) is 3.60. The van der Waals surface area contributed by atoms with Gasteiger partial charge >= 0.3 is 11.9 Å². The number of amides is 2. The van der Waals surface area contributed by atoms with E-state index in [1.54, 1.807) is 40.9 Å². The van der Waals surface area contributed by atoms with E-state index in [9.17, 15) is 19.2 Å². The van der Waals surface area contributed by atoms with Crippen molar-refractivity contribution in [2.45, 2.75) is 20.8 Å². The summed E-state index contributed by atoms with van der Waals surface area (Å²) < 4.78 is 15.1. The molecule has 0 saturated carbocycles. The van der Waals surface area contributed by atoms with E-state index in [2.05, 4.69) is 5.32 Å². The number of thiophene rings is 1. The van der Waals surface area contributed by atoms with Crippen LogP contribution in [0.2, 0.25) is 0 Å². The van der Waals surface area contributed by atoms with Gasteiger partial charge in [0.15, 0.2) is 6.61 Å². The standard InChI is InChI=1S/C19H22N2O7S/c1-6-26-19(25)14-11(3)15(17(23)21(4)5)29-16(14)20-13(22)9-27-18(24)12-8-7-10(2)28-12/h7-8H,6,9H2,1-5H3,(H,20,22). The lowest BCUT2D eigenvalue weighted by Crippen LogP contribution is -2.21. The normalized spacial score (nSPS) is 10.4. The van der Waals surface area contributed by atoms with Crippen molar-refractivity contribution in [1.29, 1.82) is 0 Å². The Balaban J connectivity index is 2.18. The number of furan rings is 1. The maximum Gasteiger partial charge on any atom is 0.374 e. The Bertz CT molecular complexity index is 943. The Morgan fingerprint density at radius 3 is 2.34 bits per heavy atom. The van der Waals surface area contributed by atoms with Crippen LogP contribution < -0.4 is 5.32 Å². The van der Waals surface area contributed by atoms with Gasteiger partial charge in [-0.25, -0.2) is 9.59 Å². The zero-order valence-corrected chi connectivity index (χ0v) is 17.6. The molecule has 0 aliphatic rings. The summed E-state index contributed by atoms with van der Waals surface area (Å²) in [5, 5.41) is 2.67. The van der Waals surface area contributed by atoms with Crippen LogP contribution in [0.3, 0.4) is 0 Å². The lowest BCUT2D eigenvalue weighted by atomic mass is 10.1. The molecule has 2 aromatic heterocycles. The molecule has 0 fully saturated rings. The molecule has 0 aromatic carbocycles. The minimum atomic E-state index is -0.787. The first-order valence-corrected chi connectivity index (χ1v) is 9.52. The number of carbonyl (C=O) groups excluding carboxylic acids is 4. The molecule has 2 aromatic rings. The van der Waals surface area contributed by atoms with Gasteiger partial charge in [0.2, 0.25) is 5.76 Å².